The number of para-hydroxylation sites is 2. The average Bonchev–Trinajstić information content (AvgIpc) is 2.59. The third kappa shape index (κ3) is 2.55. The molecule has 0 saturated carbocycles. The fourth-order valence-corrected chi connectivity index (χ4v) is 2.35. The van der Waals surface area contributed by atoms with Gasteiger partial charge in [-0.3, -0.25) is 9.79 Å². The number of aliphatic imine (C=N–C) groups is 1. The van der Waals surface area contributed by atoms with E-state index in [1.165, 1.54) is 0 Å². The van der Waals surface area contributed by atoms with Crippen molar-refractivity contribution < 1.29 is 4.79 Å². The van der Waals surface area contributed by atoms with Crippen LogP contribution in [0.4, 0.5) is 11.4 Å². The molecule has 1 aliphatic rings. The first kappa shape index (κ1) is 13.2. The topological polar surface area (TPSA) is 41.5 Å². The predicted octanol–water partition coefficient (Wildman–Crippen LogP) is 4.46. The van der Waals surface area contributed by atoms with E-state index < -0.39 is 0 Å². The van der Waals surface area contributed by atoms with Gasteiger partial charge in [0, 0.05) is 0 Å². The van der Waals surface area contributed by atoms with Gasteiger partial charge in [0.05, 0.1) is 33.6 Å². The molecule has 2 aromatic carbocycles. The van der Waals surface area contributed by atoms with Gasteiger partial charge in [-0.05, 0) is 29.8 Å². The molecule has 20 heavy (non-hydrogen) atoms. The number of anilines is 1. The first-order valence-electron chi connectivity index (χ1n) is 6.05. The molecule has 3 rings (SSSR count). The number of hydrogen-bond acceptors (Lipinski definition) is 2. The van der Waals surface area contributed by atoms with Gasteiger partial charge in [0.1, 0.15) is 0 Å². The summed E-state index contributed by atoms with van der Waals surface area (Å²) in [5.41, 5.74) is 2.92. The molecule has 0 aromatic heterocycles. The SMILES string of the molecule is O=C1CC(c2ccc(Cl)c(Cl)c2)=Nc2ccccc2N1. The summed E-state index contributed by atoms with van der Waals surface area (Å²) in [7, 11) is 0. The van der Waals surface area contributed by atoms with Crippen molar-refractivity contribution in [2.45, 2.75) is 6.42 Å². The molecule has 0 spiro atoms. The van der Waals surface area contributed by atoms with Gasteiger partial charge in [-0.15, -0.1) is 0 Å². The maximum atomic E-state index is 11.9. The molecule has 0 bridgehead atoms. The maximum absolute atomic E-state index is 11.9. The maximum Gasteiger partial charge on any atom is 0.230 e. The van der Waals surface area contributed by atoms with Crippen molar-refractivity contribution in [2.24, 2.45) is 4.99 Å². The number of amides is 1. The molecule has 100 valence electrons. The Morgan fingerprint density at radius 1 is 1.05 bits per heavy atom. The lowest BCUT2D eigenvalue weighted by atomic mass is 10.1. The summed E-state index contributed by atoms with van der Waals surface area (Å²) in [6.07, 6.45) is 0.201. The lowest BCUT2D eigenvalue weighted by Crippen LogP contribution is -2.14. The summed E-state index contributed by atoms with van der Waals surface area (Å²) < 4.78 is 0. The number of fused-ring (bicyclic) bond motifs is 1. The van der Waals surface area contributed by atoms with Crippen molar-refractivity contribution in [2.75, 3.05) is 5.32 Å². The Balaban J connectivity index is 2.10. The van der Waals surface area contributed by atoms with E-state index in [0.29, 0.717) is 21.4 Å². The lowest BCUT2D eigenvalue weighted by Gasteiger charge is -2.05. The Morgan fingerprint density at radius 2 is 1.85 bits per heavy atom. The highest BCUT2D eigenvalue weighted by molar-refractivity contribution is 6.42. The van der Waals surface area contributed by atoms with Crippen molar-refractivity contribution in [3.05, 3.63) is 58.1 Å². The number of nitrogens with zero attached hydrogens (tertiary/aromatic N) is 1. The second-order valence-electron chi connectivity index (χ2n) is 4.43. The molecule has 1 heterocycles. The molecule has 0 aliphatic carbocycles. The number of carbonyl (C=O) groups is 1. The molecule has 3 nitrogen and oxygen atoms in total. The van der Waals surface area contributed by atoms with E-state index in [0.717, 1.165) is 11.3 Å². The molecule has 0 fully saturated rings. The number of nitrogens with one attached hydrogen (secondary N) is 1. The summed E-state index contributed by atoms with van der Waals surface area (Å²) in [6.45, 7) is 0. The van der Waals surface area contributed by atoms with E-state index >= 15 is 0 Å². The smallest absolute Gasteiger partial charge is 0.230 e. The normalized spacial score (nSPS) is 14.1. The molecule has 2 aromatic rings. The third-order valence-corrected chi connectivity index (χ3v) is 3.75. The van der Waals surface area contributed by atoms with Gasteiger partial charge in [-0.2, -0.15) is 0 Å². The van der Waals surface area contributed by atoms with E-state index in [2.05, 4.69) is 10.3 Å². The molecular weight excluding hydrogens is 295 g/mol. The lowest BCUT2D eigenvalue weighted by molar-refractivity contribution is -0.115. The number of halogens is 2. The van der Waals surface area contributed by atoms with Crippen LogP contribution in [0.2, 0.25) is 10.0 Å². The molecule has 1 aliphatic heterocycles. The largest absolute Gasteiger partial charge is 0.324 e. The van der Waals surface area contributed by atoms with E-state index in [4.69, 9.17) is 23.2 Å². The van der Waals surface area contributed by atoms with Crippen LogP contribution >= 0.6 is 23.2 Å². The van der Waals surface area contributed by atoms with Crippen LogP contribution in [0.15, 0.2) is 47.5 Å². The molecule has 0 radical (unpaired) electrons. The van der Waals surface area contributed by atoms with Crippen LogP contribution in [-0.2, 0) is 4.79 Å². The fraction of sp³-hybridized carbons (Fsp3) is 0.0667. The summed E-state index contributed by atoms with van der Waals surface area (Å²) in [4.78, 5) is 16.5. The zero-order chi connectivity index (χ0) is 14.1. The molecule has 0 saturated heterocycles. The molecule has 5 heteroatoms. The van der Waals surface area contributed by atoms with Gasteiger partial charge in [0.25, 0.3) is 0 Å². The van der Waals surface area contributed by atoms with E-state index in [-0.39, 0.29) is 12.3 Å². The highest BCUT2D eigenvalue weighted by atomic mass is 35.5. The van der Waals surface area contributed by atoms with Crippen molar-refractivity contribution in [1.82, 2.24) is 0 Å². The second kappa shape index (κ2) is 5.27. The number of hydrogen-bond donors (Lipinski definition) is 1. The average molecular weight is 305 g/mol. The first-order valence-corrected chi connectivity index (χ1v) is 6.81. The molecule has 1 N–H and O–H groups in total. The van der Waals surface area contributed by atoms with Crippen LogP contribution in [0, 0.1) is 0 Å². The van der Waals surface area contributed by atoms with Gasteiger partial charge in [-0.25, -0.2) is 0 Å². The third-order valence-electron chi connectivity index (χ3n) is 3.01. The van der Waals surface area contributed by atoms with Gasteiger partial charge >= 0.3 is 0 Å². The van der Waals surface area contributed by atoms with E-state index in [9.17, 15) is 4.79 Å². The zero-order valence-corrected chi connectivity index (χ0v) is 11.9. The predicted molar refractivity (Wildman–Crippen MR) is 82.3 cm³/mol. The first-order chi connectivity index (χ1) is 9.63. The Labute approximate surface area is 126 Å². The fourth-order valence-electron chi connectivity index (χ4n) is 2.05. The van der Waals surface area contributed by atoms with Crippen LogP contribution in [0.3, 0.4) is 0 Å². The highest BCUT2D eigenvalue weighted by Gasteiger charge is 2.17. The Kier molecular flexibility index (Phi) is 3.47. The van der Waals surface area contributed by atoms with Gasteiger partial charge < -0.3 is 5.32 Å². The highest BCUT2D eigenvalue weighted by Crippen LogP contribution is 2.30. The quantitative estimate of drug-likeness (QED) is 0.830. The van der Waals surface area contributed by atoms with Crippen LogP contribution in [0.25, 0.3) is 0 Å². The van der Waals surface area contributed by atoms with Crippen LogP contribution < -0.4 is 5.32 Å². The zero-order valence-electron chi connectivity index (χ0n) is 10.4. The molecular formula is C15H10Cl2N2O. The minimum atomic E-state index is -0.0974. The number of carbonyl (C=O) groups excluding carboxylic acids is 1. The Hall–Kier alpha value is -1.84. The summed E-state index contributed by atoms with van der Waals surface area (Å²) >= 11 is 11.9. The van der Waals surface area contributed by atoms with Crippen LogP contribution in [-0.4, -0.2) is 11.6 Å². The van der Waals surface area contributed by atoms with Crippen LogP contribution in [0.5, 0.6) is 0 Å². The molecule has 1 amide bonds. The Bertz CT molecular complexity index is 726. The van der Waals surface area contributed by atoms with Crippen molar-refractivity contribution in [3.8, 4) is 0 Å². The van der Waals surface area contributed by atoms with Gasteiger partial charge in [0.15, 0.2) is 0 Å². The standard InChI is InChI=1S/C15H10Cl2N2O/c16-10-6-5-9(7-11(10)17)14-8-15(20)19-13-4-2-1-3-12(13)18-14/h1-7H,8H2,(H,19,20). The summed E-state index contributed by atoms with van der Waals surface area (Å²) in [5, 5.41) is 3.77. The second-order valence-corrected chi connectivity index (χ2v) is 5.24. The van der Waals surface area contributed by atoms with Crippen molar-refractivity contribution >= 4 is 46.2 Å². The molecule has 0 atom stereocenters. The van der Waals surface area contributed by atoms with Gasteiger partial charge in [0.2, 0.25) is 5.91 Å². The van der Waals surface area contributed by atoms with Crippen LogP contribution in [0.1, 0.15) is 12.0 Å². The van der Waals surface area contributed by atoms with Gasteiger partial charge in [-0.1, -0.05) is 41.4 Å². The minimum absolute atomic E-state index is 0.0974. The van der Waals surface area contributed by atoms with E-state index in [1.807, 2.05) is 30.3 Å². The molecule has 0 unspecified atom stereocenters. The minimum Gasteiger partial charge on any atom is -0.324 e. The number of benzene rings is 2. The number of rotatable bonds is 1. The Morgan fingerprint density at radius 3 is 2.65 bits per heavy atom. The van der Waals surface area contributed by atoms with E-state index in [1.54, 1.807) is 12.1 Å². The monoisotopic (exact) mass is 304 g/mol. The van der Waals surface area contributed by atoms with Crippen molar-refractivity contribution in [1.29, 1.82) is 0 Å². The summed E-state index contributed by atoms with van der Waals surface area (Å²) in [6, 6.07) is 12.7. The summed E-state index contributed by atoms with van der Waals surface area (Å²) in [5.74, 6) is -0.0974. The van der Waals surface area contributed by atoms with Crippen molar-refractivity contribution in [3.63, 3.8) is 0 Å².